The molecule has 8 nitrogen and oxygen atoms in total. The molecular formula is C18H11Cl2N7O. The Hall–Kier alpha value is -3.23. The molecule has 1 atom stereocenters. The van der Waals surface area contributed by atoms with Gasteiger partial charge in [0.15, 0.2) is 0 Å². The number of anilines is 2. The second-order valence-corrected chi connectivity index (χ2v) is 7.04. The van der Waals surface area contributed by atoms with Crippen molar-refractivity contribution in [3.8, 4) is 11.3 Å². The Balaban J connectivity index is 1.84. The molecule has 2 N–H and O–H groups in total. The van der Waals surface area contributed by atoms with Crippen molar-refractivity contribution in [2.75, 3.05) is 5.32 Å². The zero-order valence-electron chi connectivity index (χ0n) is 14.1. The molecule has 0 spiro atoms. The van der Waals surface area contributed by atoms with Gasteiger partial charge in [-0.25, -0.2) is 5.10 Å². The van der Waals surface area contributed by atoms with Gasteiger partial charge >= 0.3 is 0 Å². The fourth-order valence-electron chi connectivity index (χ4n) is 3.37. The molecule has 0 aliphatic carbocycles. The first-order valence-corrected chi connectivity index (χ1v) is 9.07. The zero-order valence-corrected chi connectivity index (χ0v) is 15.6. The summed E-state index contributed by atoms with van der Waals surface area (Å²) in [5.74, 6) is 0.367. The van der Waals surface area contributed by atoms with Crippen LogP contribution in [0.5, 0.6) is 0 Å². The van der Waals surface area contributed by atoms with Crippen molar-refractivity contribution >= 4 is 34.8 Å². The summed E-state index contributed by atoms with van der Waals surface area (Å²) in [7, 11) is 0. The lowest BCUT2D eigenvalue weighted by atomic mass is 9.92. The molecule has 0 saturated heterocycles. The van der Waals surface area contributed by atoms with Gasteiger partial charge in [-0.2, -0.15) is 9.78 Å². The van der Waals surface area contributed by atoms with Gasteiger partial charge in [-0.3, -0.25) is 4.79 Å². The molecule has 3 heterocycles. The molecular weight excluding hydrogens is 401 g/mol. The van der Waals surface area contributed by atoms with Crippen molar-refractivity contribution < 1.29 is 0 Å². The van der Waals surface area contributed by atoms with Gasteiger partial charge in [0.1, 0.15) is 17.4 Å². The molecule has 0 radical (unpaired) electrons. The zero-order chi connectivity index (χ0) is 19.3. The molecule has 1 aliphatic heterocycles. The lowest BCUT2D eigenvalue weighted by Crippen LogP contribution is -2.29. The van der Waals surface area contributed by atoms with E-state index in [-0.39, 0.29) is 5.56 Å². The Bertz CT molecular complexity index is 1250. The van der Waals surface area contributed by atoms with Crippen LogP contribution in [0.2, 0.25) is 10.0 Å². The largest absolute Gasteiger partial charge is 0.318 e. The molecule has 0 bridgehead atoms. The normalized spacial score (nSPS) is 14.9. The molecule has 4 aromatic rings. The number of nitrogens with one attached hydrogen (secondary N) is 2. The Morgan fingerprint density at radius 2 is 1.89 bits per heavy atom. The topological polar surface area (TPSA) is 101 Å². The first-order chi connectivity index (χ1) is 13.6. The lowest BCUT2D eigenvalue weighted by molar-refractivity contribution is 0.567. The number of hydrogen-bond acceptors (Lipinski definition) is 6. The van der Waals surface area contributed by atoms with Crippen molar-refractivity contribution in [2.45, 2.75) is 6.04 Å². The van der Waals surface area contributed by atoms with Crippen molar-refractivity contribution in [2.24, 2.45) is 0 Å². The molecule has 0 amide bonds. The summed E-state index contributed by atoms with van der Waals surface area (Å²) in [6.07, 6.45) is 0. The first-order valence-electron chi connectivity index (χ1n) is 8.31. The third kappa shape index (κ3) is 2.57. The van der Waals surface area contributed by atoms with E-state index in [9.17, 15) is 4.79 Å². The van der Waals surface area contributed by atoms with Crippen LogP contribution in [0.3, 0.4) is 0 Å². The summed E-state index contributed by atoms with van der Waals surface area (Å²) in [5.41, 5.74) is 2.62. The van der Waals surface area contributed by atoms with Gasteiger partial charge in [-0.1, -0.05) is 58.6 Å². The number of aromatic nitrogens is 6. The van der Waals surface area contributed by atoms with E-state index in [0.717, 1.165) is 5.56 Å². The third-order valence-corrected chi connectivity index (χ3v) is 5.12. The van der Waals surface area contributed by atoms with Crippen LogP contribution in [-0.2, 0) is 0 Å². The highest BCUT2D eigenvalue weighted by Crippen LogP contribution is 2.42. The number of H-pyrrole nitrogens is 1. The number of aromatic amines is 1. The predicted molar refractivity (Wildman–Crippen MR) is 105 cm³/mol. The second kappa shape index (κ2) is 6.43. The van der Waals surface area contributed by atoms with E-state index in [1.807, 2.05) is 30.3 Å². The van der Waals surface area contributed by atoms with Crippen molar-refractivity contribution in [1.82, 2.24) is 30.4 Å². The van der Waals surface area contributed by atoms with Gasteiger partial charge in [0.2, 0.25) is 5.95 Å². The monoisotopic (exact) mass is 411 g/mol. The van der Waals surface area contributed by atoms with E-state index in [0.29, 0.717) is 38.5 Å². The van der Waals surface area contributed by atoms with Gasteiger partial charge in [-0.15, -0.1) is 0 Å². The number of nitrogens with zero attached hydrogens (tertiary/aromatic N) is 5. The van der Waals surface area contributed by atoms with Gasteiger partial charge in [0.05, 0.1) is 5.02 Å². The minimum absolute atomic E-state index is 0.326. The second-order valence-electron chi connectivity index (χ2n) is 6.20. The molecule has 0 unspecified atom stereocenters. The molecule has 2 aromatic carbocycles. The number of hydrogen-bond donors (Lipinski definition) is 2. The highest BCUT2D eigenvalue weighted by Gasteiger charge is 2.34. The summed E-state index contributed by atoms with van der Waals surface area (Å²) >= 11 is 12.5. The van der Waals surface area contributed by atoms with E-state index >= 15 is 0 Å². The molecule has 138 valence electrons. The van der Waals surface area contributed by atoms with Crippen molar-refractivity contribution in [1.29, 1.82) is 0 Å². The Morgan fingerprint density at radius 3 is 2.68 bits per heavy atom. The molecule has 2 aromatic heterocycles. The smallest absolute Gasteiger partial charge is 0.288 e. The van der Waals surface area contributed by atoms with E-state index in [1.165, 1.54) is 0 Å². The fraction of sp³-hybridized carbons (Fsp3) is 0.0556. The first kappa shape index (κ1) is 16.9. The lowest BCUT2D eigenvalue weighted by Gasteiger charge is -2.27. The van der Waals surface area contributed by atoms with Crippen LogP contribution in [0.4, 0.5) is 11.6 Å². The molecule has 28 heavy (non-hydrogen) atoms. The maximum absolute atomic E-state index is 12.6. The molecule has 0 fully saturated rings. The Kier molecular flexibility index (Phi) is 3.88. The highest BCUT2D eigenvalue weighted by atomic mass is 35.5. The maximum Gasteiger partial charge on any atom is 0.288 e. The van der Waals surface area contributed by atoms with Crippen LogP contribution in [0.15, 0.2) is 53.3 Å². The van der Waals surface area contributed by atoms with Gasteiger partial charge in [0.25, 0.3) is 5.56 Å². The number of rotatable bonds is 2. The van der Waals surface area contributed by atoms with Gasteiger partial charge in [0, 0.05) is 16.1 Å². The Labute approximate surface area is 168 Å². The van der Waals surface area contributed by atoms with Crippen LogP contribution in [0.1, 0.15) is 17.2 Å². The van der Waals surface area contributed by atoms with Crippen molar-refractivity contribution in [3.63, 3.8) is 0 Å². The van der Waals surface area contributed by atoms with Crippen molar-refractivity contribution in [3.05, 3.63) is 80.1 Å². The summed E-state index contributed by atoms with van der Waals surface area (Å²) in [6, 6.07) is 14.3. The number of halogens is 2. The molecule has 0 saturated carbocycles. The predicted octanol–water partition coefficient (Wildman–Crippen LogP) is 3.42. The SMILES string of the molecule is O=c1[nH]nc(-c2ccc(Cl)cc2Cl)c2c1Nc1nnnn1[C@@H]2c1ccccc1. The van der Waals surface area contributed by atoms with Crippen LogP contribution >= 0.6 is 23.2 Å². The maximum atomic E-state index is 12.6. The molecule has 5 rings (SSSR count). The van der Waals surface area contributed by atoms with Gasteiger partial charge in [-0.05, 0) is 34.2 Å². The quantitative estimate of drug-likeness (QED) is 0.461. The van der Waals surface area contributed by atoms with E-state index in [1.54, 1.807) is 22.9 Å². The number of benzene rings is 2. The molecule has 10 heteroatoms. The highest BCUT2D eigenvalue weighted by molar-refractivity contribution is 6.36. The summed E-state index contributed by atoms with van der Waals surface area (Å²) in [5, 5.41) is 22.6. The Morgan fingerprint density at radius 1 is 1.07 bits per heavy atom. The van der Waals surface area contributed by atoms with Crippen LogP contribution in [0, 0.1) is 0 Å². The summed E-state index contributed by atoms with van der Waals surface area (Å²) < 4.78 is 1.62. The fourth-order valence-corrected chi connectivity index (χ4v) is 3.87. The molecule has 1 aliphatic rings. The van der Waals surface area contributed by atoms with E-state index in [2.05, 4.69) is 31.0 Å². The minimum Gasteiger partial charge on any atom is -0.318 e. The van der Waals surface area contributed by atoms with Crippen LogP contribution in [-0.4, -0.2) is 30.4 Å². The average Bonchev–Trinajstić information content (AvgIpc) is 3.16. The summed E-state index contributed by atoms with van der Waals surface area (Å²) in [4.78, 5) is 12.6. The number of fused-ring (bicyclic) bond motifs is 2. The summed E-state index contributed by atoms with van der Waals surface area (Å²) in [6.45, 7) is 0. The average molecular weight is 412 g/mol. The van der Waals surface area contributed by atoms with Crippen LogP contribution in [0.25, 0.3) is 11.3 Å². The van der Waals surface area contributed by atoms with E-state index < -0.39 is 6.04 Å². The third-order valence-electron chi connectivity index (χ3n) is 4.57. The van der Waals surface area contributed by atoms with E-state index in [4.69, 9.17) is 23.2 Å². The van der Waals surface area contributed by atoms with Gasteiger partial charge < -0.3 is 5.32 Å². The van der Waals surface area contributed by atoms with Crippen LogP contribution < -0.4 is 10.9 Å². The number of tetrazole rings is 1. The standard InChI is InChI=1S/C18H11Cl2N7O/c19-10-6-7-11(12(20)8-10)14-13-15(17(28)23-22-14)21-18-24-25-26-27(18)16(13)9-4-2-1-3-5-9/h1-8,16H,(H,23,28)(H,21,24,26)/t16-/m1/s1. The minimum atomic E-state index is -0.459.